The van der Waals surface area contributed by atoms with Gasteiger partial charge in [-0.05, 0) is 55.5 Å². The van der Waals surface area contributed by atoms with E-state index in [1.165, 1.54) is 19.2 Å². The molecule has 7 nitrogen and oxygen atoms in total. The van der Waals surface area contributed by atoms with Crippen LogP contribution in [0, 0.1) is 6.92 Å². The highest BCUT2D eigenvalue weighted by atomic mass is 35.5. The molecule has 0 bridgehead atoms. The van der Waals surface area contributed by atoms with Crippen LogP contribution < -0.4 is 15.4 Å². The number of aryl methyl sites for hydroxylation is 1. The number of hydrogen-bond donors (Lipinski definition) is 2. The second kappa shape index (κ2) is 10.8. The molecular weight excluding hydrogens is 548 g/mol. The van der Waals surface area contributed by atoms with E-state index in [0.29, 0.717) is 37.0 Å². The molecule has 1 heterocycles. The number of anilines is 2. The van der Waals surface area contributed by atoms with Crippen LogP contribution in [-0.4, -0.2) is 24.1 Å². The SMILES string of the molecule is COc1ccc(NC(=O)c2c(-c3c(Cl)cccc3Cl)noc2C)cc1C(=O)Nc1cc(Cl)ccc1Cl. The Kier molecular flexibility index (Phi) is 7.76. The Morgan fingerprint density at radius 3 is 2.31 bits per heavy atom. The minimum absolute atomic E-state index is 0.150. The normalized spacial score (nSPS) is 10.7. The summed E-state index contributed by atoms with van der Waals surface area (Å²) in [6, 6.07) is 14.3. The fourth-order valence-corrected chi connectivity index (χ4v) is 4.39. The van der Waals surface area contributed by atoms with Crippen LogP contribution in [0.1, 0.15) is 26.5 Å². The number of carbonyl (C=O) groups is 2. The topological polar surface area (TPSA) is 93.5 Å². The average Bonchev–Trinajstić information content (AvgIpc) is 3.22. The van der Waals surface area contributed by atoms with E-state index in [9.17, 15) is 9.59 Å². The largest absolute Gasteiger partial charge is 0.496 e. The molecular formula is C25H17Cl4N3O4. The van der Waals surface area contributed by atoms with E-state index in [-0.39, 0.29) is 28.3 Å². The number of amides is 2. The van der Waals surface area contributed by atoms with Crippen molar-refractivity contribution in [1.29, 1.82) is 0 Å². The quantitative estimate of drug-likeness (QED) is 0.249. The van der Waals surface area contributed by atoms with Crippen LogP contribution in [0.25, 0.3) is 11.3 Å². The van der Waals surface area contributed by atoms with Crippen molar-refractivity contribution in [2.45, 2.75) is 6.92 Å². The number of rotatable bonds is 6. The van der Waals surface area contributed by atoms with Crippen molar-refractivity contribution in [3.05, 3.63) is 91.6 Å². The number of methoxy groups -OCH3 is 1. The minimum Gasteiger partial charge on any atom is -0.496 e. The number of ether oxygens (including phenoxy) is 1. The first kappa shape index (κ1) is 25.9. The summed E-state index contributed by atoms with van der Waals surface area (Å²) in [6.07, 6.45) is 0. The van der Waals surface area contributed by atoms with Crippen molar-refractivity contribution in [2.24, 2.45) is 0 Å². The molecule has 1 aromatic heterocycles. The molecule has 2 N–H and O–H groups in total. The number of hydrogen-bond acceptors (Lipinski definition) is 5. The number of nitrogens with zero attached hydrogens (tertiary/aromatic N) is 1. The van der Waals surface area contributed by atoms with Gasteiger partial charge in [0, 0.05) is 16.3 Å². The fraction of sp³-hybridized carbons (Fsp3) is 0.0800. The smallest absolute Gasteiger partial charge is 0.261 e. The number of carbonyl (C=O) groups excluding carboxylic acids is 2. The number of halogens is 4. The first-order chi connectivity index (χ1) is 17.2. The maximum Gasteiger partial charge on any atom is 0.261 e. The Bertz CT molecular complexity index is 1470. The van der Waals surface area contributed by atoms with Crippen LogP contribution in [0.3, 0.4) is 0 Å². The third-order valence-corrected chi connectivity index (χ3v) is 6.36. The maximum atomic E-state index is 13.3. The van der Waals surface area contributed by atoms with Crippen LogP contribution in [0.2, 0.25) is 20.1 Å². The van der Waals surface area contributed by atoms with Crippen molar-refractivity contribution in [2.75, 3.05) is 17.7 Å². The van der Waals surface area contributed by atoms with Crippen LogP contribution in [-0.2, 0) is 0 Å². The molecule has 0 atom stereocenters. The molecule has 3 aromatic carbocycles. The Morgan fingerprint density at radius 1 is 0.889 bits per heavy atom. The molecule has 0 saturated heterocycles. The molecule has 0 radical (unpaired) electrons. The van der Waals surface area contributed by atoms with E-state index in [0.717, 1.165) is 0 Å². The molecule has 4 rings (SSSR count). The summed E-state index contributed by atoms with van der Waals surface area (Å²) in [4.78, 5) is 26.3. The van der Waals surface area contributed by atoms with E-state index in [2.05, 4.69) is 15.8 Å². The summed E-state index contributed by atoms with van der Waals surface area (Å²) in [5.74, 6) is -0.500. The van der Waals surface area contributed by atoms with Gasteiger partial charge in [-0.2, -0.15) is 0 Å². The van der Waals surface area contributed by atoms with Gasteiger partial charge in [-0.3, -0.25) is 9.59 Å². The summed E-state index contributed by atoms with van der Waals surface area (Å²) in [6.45, 7) is 1.60. The van der Waals surface area contributed by atoms with E-state index >= 15 is 0 Å². The second-order valence-electron chi connectivity index (χ2n) is 7.51. The fourth-order valence-electron chi connectivity index (χ4n) is 3.47. The first-order valence-electron chi connectivity index (χ1n) is 10.4. The predicted octanol–water partition coefficient (Wildman–Crippen LogP) is 7.78. The zero-order valence-electron chi connectivity index (χ0n) is 18.8. The van der Waals surface area contributed by atoms with Gasteiger partial charge >= 0.3 is 0 Å². The van der Waals surface area contributed by atoms with E-state index in [1.807, 2.05) is 0 Å². The minimum atomic E-state index is -0.533. The molecule has 2 amide bonds. The van der Waals surface area contributed by atoms with Crippen molar-refractivity contribution < 1.29 is 18.8 Å². The van der Waals surface area contributed by atoms with Gasteiger partial charge in [-0.1, -0.05) is 57.6 Å². The molecule has 0 unspecified atom stereocenters. The van der Waals surface area contributed by atoms with Gasteiger partial charge in [0.05, 0.1) is 33.4 Å². The third kappa shape index (κ3) is 5.29. The Balaban J connectivity index is 1.65. The lowest BCUT2D eigenvalue weighted by Crippen LogP contribution is -2.16. The second-order valence-corrected chi connectivity index (χ2v) is 9.16. The maximum absolute atomic E-state index is 13.3. The van der Waals surface area contributed by atoms with Gasteiger partial charge in [-0.25, -0.2) is 0 Å². The molecule has 0 aliphatic heterocycles. The lowest BCUT2D eigenvalue weighted by atomic mass is 10.0. The zero-order chi connectivity index (χ0) is 26.0. The lowest BCUT2D eigenvalue weighted by molar-refractivity contribution is 0.101. The number of nitrogens with one attached hydrogen (secondary N) is 2. The van der Waals surface area contributed by atoms with Crippen LogP contribution >= 0.6 is 46.4 Å². The third-order valence-electron chi connectivity index (χ3n) is 5.17. The van der Waals surface area contributed by atoms with Crippen LogP contribution in [0.4, 0.5) is 11.4 Å². The molecule has 4 aromatic rings. The van der Waals surface area contributed by atoms with Crippen LogP contribution in [0.5, 0.6) is 5.75 Å². The summed E-state index contributed by atoms with van der Waals surface area (Å²) in [5, 5.41) is 10.8. The Labute approximate surface area is 226 Å². The van der Waals surface area contributed by atoms with Crippen molar-refractivity contribution in [1.82, 2.24) is 5.16 Å². The molecule has 0 fully saturated rings. The van der Waals surface area contributed by atoms with Gasteiger partial charge in [0.2, 0.25) is 0 Å². The highest BCUT2D eigenvalue weighted by Crippen LogP contribution is 2.37. The predicted molar refractivity (Wildman–Crippen MR) is 142 cm³/mol. The molecule has 11 heteroatoms. The summed E-state index contributed by atoms with van der Waals surface area (Å²) in [5.41, 5.74) is 1.52. The van der Waals surface area contributed by atoms with Crippen molar-refractivity contribution >= 4 is 69.6 Å². The zero-order valence-corrected chi connectivity index (χ0v) is 21.8. The molecule has 36 heavy (non-hydrogen) atoms. The number of benzene rings is 3. The lowest BCUT2D eigenvalue weighted by Gasteiger charge is -2.13. The summed E-state index contributed by atoms with van der Waals surface area (Å²) >= 11 is 24.8. The van der Waals surface area contributed by atoms with Gasteiger partial charge in [0.25, 0.3) is 11.8 Å². The number of aromatic nitrogens is 1. The van der Waals surface area contributed by atoms with Crippen LogP contribution in [0.15, 0.2) is 59.1 Å². The Morgan fingerprint density at radius 2 is 1.61 bits per heavy atom. The average molecular weight is 565 g/mol. The Hall–Kier alpha value is -3.23. The van der Waals surface area contributed by atoms with Crippen molar-refractivity contribution in [3.63, 3.8) is 0 Å². The monoisotopic (exact) mass is 563 g/mol. The molecule has 0 spiro atoms. The summed E-state index contributed by atoms with van der Waals surface area (Å²) in [7, 11) is 1.43. The highest BCUT2D eigenvalue weighted by Gasteiger charge is 2.25. The highest BCUT2D eigenvalue weighted by molar-refractivity contribution is 6.39. The molecule has 0 aliphatic carbocycles. The van der Waals surface area contributed by atoms with E-state index in [1.54, 1.807) is 49.4 Å². The van der Waals surface area contributed by atoms with Gasteiger partial charge < -0.3 is 19.9 Å². The summed E-state index contributed by atoms with van der Waals surface area (Å²) < 4.78 is 10.6. The molecule has 0 saturated carbocycles. The standard InChI is InChI=1S/C25H17Cl4N3O4/c1-12-21(23(32-36-12)22-17(28)4-3-5-18(22)29)25(34)30-14-7-9-20(35-2)15(11-14)24(33)31-19-10-13(26)6-8-16(19)27/h3-11H,1-2H3,(H,30,34)(H,31,33). The molecule has 0 aliphatic rings. The van der Waals surface area contributed by atoms with E-state index in [4.69, 9.17) is 55.7 Å². The van der Waals surface area contributed by atoms with Crippen molar-refractivity contribution in [3.8, 4) is 17.0 Å². The first-order valence-corrected chi connectivity index (χ1v) is 11.9. The van der Waals surface area contributed by atoms with Gasteiger partial charge in [-0.15, -0.1) is 0 Å². The van der Waals surface area contributed by atoms with Gasteiger partial charge in [0.15, 0.2) is 0 Å². The van der Waals surface area contributed by atoms with Gasteiger partial charge in [0.1, 0.15) is 22.8 Å². The molecule has 184 valence electrons. The van der Waals surface area contributed by atoms with E-state index < -0.39 is 11.8 Å².